The lowest BCUT2D eigenvalue weighted by molar-refractivity contribution is -0.120. The average Bonchev–Trinajstić information content (AvgIpc) is 3.41. The second kappa shape index (κ2) is 7.58. The molecule has 5 rings (SSSR count). The molecule has 158 valence electrons. The topological polar surface area (TPSA) is 122 Å². The molecular formula is C20H19N7O3S. The Hall–Kier alpha value is -3.60. The number of amides is 1. The molecular weight excluding hydrogens is 418 g/mol. The van der Waals surface area contributed by atoms with E-state index in [9.17, 15) is 13.2 Å². The molecule has 3 aromatic rings. The van der Waals surface area contributed by atoms with Crippen molar-refractivity contribution in [2.24, 2.45) is 10.3 Å². The fraction of sp³-hybridized carbons (Fsp3) is 0.250. The van der Waals surface area contributed by atoms with E-state index in [1.54, 1.807) is 30.3 Å². The summed E-state index contributed by atoms with van der Waals surface area (Å²) in [5.74, 6) is 0.250. The molecule has 1 N–H and O–H groups in total. The highest BCUT2D eigenvalue weighted by Crippen LogP contribution is 2.30. The molecule has 0 atom stereocenters. The maximum Gasteiger partial charge on any atom is 0.285 e. The third-order valence-corrected chi connectivity index (χ3v) is 6.83. The van der Waals surface area contributed by atoms with Crippen molar-refractivity contribution in [3.05, 3.63) is 60.4 Å². The first-order chi connectivity index (χ1) is 15.0. The summed E-state index contributed by atoms with van der Waals surface area (Å²) in [7, 11) is -3.65. The summed E-state index contributed by atoms with van der Waals surface area (Å²) in [5, 5.41) is 14.1. The van der Waals surface area contributed by atoms with Gasteiger partial charge in [0.15, 0.2) is 5.84 Å². The van der Waals surface area contributed by atoms with Crippen LogP contribution in [0, 0.1) is 5.92 Å². The highest BCUT2D eigenvalue weighted by atomic mass is 32.2. The lowest BCUT2D eigenvalue weighted by atomic mass is 9.95. The van der Waals surface area contributed by atoms with E-state index in [2.05, 4.69) is 25.2 Å². The average molecular weight is 437 g/mol. The molecule has 31 heavy (non-hydrogen) atoms. The summed E-state index contributed by atoms with van der Waals surface area (Å²) >= 11 is 0. The van der Waals surface area contributed by atoms with Gasteiger partial charge in [-0.15, -0.1) is 9.50 Å². The van der Waals surface area contributed by atoms with Gasteiger partial charge in [0.2, 0.25) is 5.91 Å². The van der Waals surface area contributed by atoms with Crippen LogP contribution in [0.5, 0.6) is 0 Å². The van der Waals surface area contributed by atoms with Gasteiger partial charge in [-0.2, -0.15) is 8.42 Å². The first-order valence-electron chi connectivity index (χ1n) is 9.85. The molecule has 0 spiro atoms. The van der Waals surface area contributed by atoms with Crippen molar-refractivity contribution in [1.82, 2.24) is 25.1 Å². The number of tetrazole rings is 1. The molecule has 2 aromatic carbocycles. The number of rotatable bonds is 3. The van der Waals surface area contributed by atoms with Crippen LogP contribution in [0.15, 0.2) is 64.2 Å². The molecule has 11 heteroatoms. The van der Waals surface area contributed by atoms with Gasteiger partial charge in [0.25, 0.3) is 10.0 Å². The van der Waals surface area contributed by atoms with Crippen LogP contribution in [-0.2, 0) is 14.8 Å². The number of aromatic nitrogens is 4. The molecule has 0 aliphatic carbocycles. The van der Waals surface area contributed by atoms with Crippen LogP contribution >= 0.6 is 0 Å². The molecule has 10 nitrogen and oxygen atoms in total. The minimum Gasteiger partial charge on any atom is -0.355 e. The Kier molecular flexibility index (Phi) is 4.74. The third-order valence-electron chi connectivity index (χ3n) is 5.51. The molecule has 0 bridgehead atoms. The van der Waals surface area contributed by atoms with Gasteiger partial charge in [0, 0.05) is 30.3 Å². The van der Waals surface area contributed by atoms with Crippen LogP contribution in [0.3, 0.4) is 0 Å². The first kappa shape index (κ1) is 19.4. The van der Waals surface area contributed by atoms with Crippen LogP contribution in [0.4, 0.5) is 5.69 Å². The van der Waals surface area contributed by atoms with E-state index < -0.39 is 10.0 Å². The van der Waals surface area contributed by atoms with Gasteiger partial charge in [-0.3, -0.25) is 4.79 Å². The summed E-state index contributed by atoms with van der Waals surface area (Å²) in [5.41, 5.74) is 2.04. The SMILES string of the molecule is O=C(Nc1cccc(-n2cnnn2)c1)C1CCN(C2=NS(=O)(=O)c3ccccc32)CC1. The van der Waals surface area contributed by atoms with Crippen molar-refractivity contribution in [2.45, 2.75) is 17.7 Å². The zero-order chi connectivity index (χ0) is 21.4. The van der Waals surface area contributed by atoms with Crippen molar-refractivity contribution in [1.29, 1.82) is 0 Å². The Labute approximate surface area is 178 Å². The van der Waals surface area contributed by atoms with Gasteiger partial charge in [-0.25, -0.2) is 4.68 Å². The second-order valence-corrected chi connectivity index (χ2v) is 9.01. The minimum atomic E-state index is -3.65. The smallest absolute Gasteiger partial charge is 0.285 e. The molecule has 0 saturated carbocycles. The first-order valence-corrected chi connectivity index (χ1v) is 11.3. The number of likely N-dealkylation sites (tertiary alicyclic amines) is 1. The number of hydrogen-bond acceptors (Lipinski definition) is 7. The van der Waals surface area contributed by atoms with Crippen LogP contribution in [0.1, 0.15) is 18.4 Å². The fourth-order valence-corrected chi connectivity index (χ4v) is 5.15. The number of carbonyl (C=O) groups is 1. The maximum absolute atomic E-state index is 12.8. The molecule has 3 heterocycles. The summed E-state index contributed by atoms with van der Waals surface area (Å²) < 4.78 is 30.1. The molecule has 0 unspecified atom stereocenters. The van der Waals surface area contributed by atoms with Crippen LogP contribution in [0.2, 0.25) is 0 Å². The Morgan fingerprint density at radius 3 is 2.65 bits per heavy atom. The van der Waals surface area contributed by atoms with Gasteiger partial charge >= 0.3 is 0 Å². The van der Waals surface area contributed by atoms with E-state index in [0.717, 1.165) is 5.69 Å². The maximum atomic E-state index is 12.8. The molecule has 1 aromatic heterocycles. The Morgan fingerprint density at radius 2 is 1.87 bits per heavy atom. The van der Waals surface area contributed by atoms with Gasteiger partial charge in [0.1, 0.15) is 11.2 Å². The van der Waals surface area contributed by atoms with Crippen LogP contribution in [-0.4, -0.2) is 58.4 Å². The highest BCUT2D eigenvalue weighted by molar-refractivity contribution is 7.90. The van der Waals surface area contributed by atoms with E-state index in [4.69, 9.17) is 0 Å². The number of fused-ring (bicyclic) bond motifs is 1. The number of nitrogens with zero attached hydrogens (tertiary/aromatic N) is 6. The number of anilines is 1. The van der Waals surface area contributed by atoms with E-state index >= 15 is 0 Å². The normalized spacial score (nSPS) is 17.8. The molecule has 2 aliphatic heterocycles. The zero-order valence-corrected chi connectivity index (χ0v) is 17.2. The number of benzene rings is 2. The molecule has 1 saturated heterocycles. The van der Waals surface area contributed by atoms with Crippen molar-refractivity contribution in [3.63, 3.8) is 0 Å². The van der Waals surface area contributed by atoms with Crippen LogP contribution in [0.25, 0.3) is 5.69 Å². The monoisotopic (exact) mass is 437 g/mol. The lowest BCUT2D eigenvalue weighted by Gasteiger charge is -2.32. The largest absolute Gasteiger partial charge is 0.355 e. The van der Waals surface area contributed by atoms with Gasteiger partial charge in [-0.1, -0.05) is 18.2 Å². The molecule has 1 amide bonds. The Morgan fingerprint density at radius 1 is 1.06 bits per heavy atom. The van der Waals surface area contributed by atoms with Crippen molar-refractivity contribution < 1.29 is 13.2 Å². The van der Waals surface area contributed by atoms with E-state index in [1.165, 1.54) is 11.0 Å². The number of sulfonamides is 1. The quantitative estimate of drug-likeness (QED) is 0.658. The summed E-state index contributed by atoms with van der Waals surface area (Å²) in [4.78, 5) is 15.0. The number of carbonyl (C=O) groups excluding carboxylic acids is 1. The zero-order valence-electron chi connectivity index (χ0n) is 16.4. The Balaban J connectivity index is 1.25. The van der Waals surface area contributed by atoms with Crippen LogP contribution < -0.4 is 5.32 Å². The van der Waals surface area contributed by atoms with Crippen molar-refractivity contribution in [2.75, 3.05) is 18.4 Å². The minimum absolute atomic E-state index is 0.0603. The van der Waals surface area contributed by atoms with Crippen molar-refractivity contribution in [3.8, 4) is 5.69 Å². The summed E-state index contributed by atoms with van der Waals surface area (Å²) in [6.07, 6.45) is 2.71. The second-order valence-electron chi connectivity index (χ2n) is 7.44. The van der Waals surface area contributed by atoms with E-state index in [1.807, 2.05) is 23.1 Å². The number of piperidine rings is 1. The number of amidine groups is 1. The summed E-state index contributed by atoms with van der Waals surface area (Å²) in [6.45, 7) is 1.12. The van der Waals surface area contributed by atoms with Gasteiger partial charge in [-0.05, 0) is 53.6 Å². The predicted octanol–water partition coefficient (Wildman–Crippen LogP) is 1.46. The van der Waals surface area contributed by atoms with Gasteiger partial charge < -0.3 is 10.2 Å². The third kappa shape index (κ3) is 3.67. The number of hydrogen-bond donors (Lipinski definition) is 1. The van der Waals surface area contributed by atoms with Gasteiger partial charge in [0.05, 0.1) is 5.69 Å². The van der Waals surface area contributed by atoms with E-state index in [0.29, 0.717) is 43.0 Å². The highest BCUT2D eigenvalue weighted by Gasteiger charge is 2.34. The summed E-state index contributed by atoms with van der Waals surface area (Å²) in [6, 6.07) is 14.1. The lowest BCUT2D eigenvalue weighted by Crippen LogP contribution is -2.41. The molecule has 1 fully saturated rings. The van der Waals surface area contributed by atoms with Crippen molar-refractivity contribution >= 4 is 27.5 Å². The molecule has 0 radical (unpaired) electrons. The fourth-order valence-electron chi connectivity index (χ4n) is 3.92. The number of nitrogens with one attached hydrogen (secondary N) is 1. The van der Waals surface area contributed by atoms with E-state index in [-0.39, 0.29) is 16.7 Å². The molecule has 2 aliphatic rings. The predicted molar refractivity (Wildman–Crippen MR) is 112 cm³/mol. The standard InChI is InChI=1S/C20H19N7O3S/c28-20(22-15-4-3-5-16(12-15)27-13-21-24-25-27)14-8-10-26(11-9-14)19-17-6-1-2-7-18(17)31(29,30)23-19/h1-7,12-14H,8-11H2,(H,22,28). The Bertz CT molecular complexity index is 1260.